The number of hydrogen-bond donors (Lipinski definition) is 1. The maximum Gasteiger partial charge on any atom is 0.265 e. The third kappa shape index (κ3) is 6.05. The minimum atomic E-state index is -0.732. The van der Waals surface area contributed by atoms with Gasteiger partial charge in [0.05, 0.1) is 5.02 Å². The minimum absolute atomic E-state index is 0.0246. The van der Waals surface area contributed by atoms with Crippen LogP contribution in [0.3, 0.4) is 0 Å². The highest BCUT2D eigenvalue weighted by Gasteiger charge is 2.23. The summed E-state index contributed by atoms with van der Waals surface area (Å²) in [5.74, 6) is 0.351. The maximum atomic E-state index is 12.5. The average molecular weight is 464 g/mol. The highest BCUT2D eigenvalue weighted by molar-refractivity contribution is 6.35. The molecule has 0 unspecified atom stereocenters. The van der Waals surface area contributed by atoms with Crippen LogP contribution in [0.25, 0.3) is 0 Å². The molecule has 0 saturated carbocycles. The minimum Gasteiger partial charge on any atom is -0.479 e. The van der Waals surface area contributed by atoms with Gasteiger partial charge in [-0.15, -0.1) is 0 Å². The Hall–Kier alpha value is -2.44. The van der Waals surface area contributed by atoms with Gasteiger partial charge in [0.25, 0.3) is 5.91 Å². The van der Waals surface area contributed by atoms with Gasteiger partial charge in [-0.05, 0) is 49.4 Å². The van der Waals surface area contributed by atoms with Crippen LogP contribution in [-0.4, -0.2) is 49.0 Å². The van der Waals surface area contributed by atoms with Gasteiger partial charge in [0, 0.05) is 48.5 Å². The molecule has 2 amide bonds. The molecule has 3 rings (SSSR count). The Bertz CT molecular complexity index is 926. The lowest BCUT2D eigenvalue weighted by Gasteiger charge is -2.37. The van der Waals surface area contributed by atoms with Crippen molar-refractivity contribution in [1.29, 1.82) is 0 Å². The summed E-state index contributed by atoms with van der Waals surface area (Å²) in [5.41, 5.74) is 1.74. The Balaban J connectivity index is 1.53. The molecule has 166 valence electrons. The van der Waals surface area contributed by atoms with Crippen LogP contribution in [0, 0.1) is 5.92 Å². The van der Waals surface area contributed by atoms with Crippen LogP contribution in [0.4, 0.5) is 11.4 Å². The summed E-state index contributed by atoms with van der Waals surface area (Å²) < 4.78 is 5.66. The molecular weight excluding hydrogens is 437 g/mol. The van der Waals surface area contributed by atoms with Crippen molar-refractivity contribution in [1.82, 2.24) is 4.90 Å². The van der Waals surface area contributed by atoms with Crippen molar-refractivity contribution < 1.29 is 14.3 Å². The second kappa shape index (κ2) is 10.2. The molecule has 1 aliphatic rings. The smallest absolute Gasteiger partial charge is 0.265 e. The molecule has 8 heteroatoms. The van der Waals surface area contributed by atoms with Gasteiger partial charge in [-0.2, -0.15) is 0 Å². The molecule has 1 heterocycles. The largest absolute Gasteiger partial charge is 0.479 e. The van der Waals surface area contributed by atoms with Gasteiger partial charge in [0.2, 0.25) is 5.91 Å². The Morgan fingerprint density at radius 2 is 1.61 bits per heavy atom. The predicted molar refractivity (Wildman–Crippen MR) is 125 cm³/mol. The summed E-state index contributed by atoms with van der Waals surface area (Å²) in [5, 5.41) is 3.71. The van der Waals surface area contributed by atoms with Gasteiger partial charge < -0.3 is 19.9 Å². The van der Waals surface area contributed by atoms with Crippen molar-refractivity contribution in [3.8, 4) is 5.75 Å². The highest BCUT2D eigenvalue weighted by atomic mass is 35.5. The Labute approximate surface area is 193 Å². The molecule has 0 aromatic heterocycles. The number of anilines is 2. The third-order valence-corrected chi connectivity index (χ3v) is 5.68. The van der Waals surface area contributed by atoms with Crippen LogP contribution in [0.1, 0.15) is 20.8 Å². The zero-order valence-electron chi connectivity index (χ0n) is 17.9. The van der Waals surface area contributed by atoms with E-state index in [2.05, 4.69) is 10.2 Å². The van der Waals surface area contributed by atoms with Crippen molar-refractivity contribution in [2.24, 2.45) is 5.92 Å². The van der Waals surface area contributed by atoms with E-state index >= 15 is 0 Å². The third-order valence-electron chi connectivity index (χ3n) is 5.15. The second-order valence-electron chi connectivity index (χ2n) is 7.84. The van der Waals surface area contributed by atoms with E-state index in [1.807, 2.05) is 43.0 Å². The van der Waals surface area contributed by atoms with Crippen LogP contribution in [0.2, 0.25) is 10.0 Å². The van der Waals surface area contributed by atoms with Crippen LogP contribution >= 0.6 is 23.2 Å². The molecule has 1 N–H and O–H groups in total. The first-order chi connectivity index (χ1) is 14.7. The SMILES string of the molecule is CC(C)C(=O)N1CCN(c2ccc(NC(=O)[C@@H](C)Oc3ccc(Cl)cc3Cl)cc2)CC1. The molecule has 2 aromatic carbocycles. The van der Waals surface area contributed by atoms with Crippen molar-refractivity contribution in [2.45, 2.75) is 26.9 Å². The van der Waals surface area contributed by atoms with Gasteiger partial charge in [0.1, 0.15) is 5.75 Å². The quantitative estimate of drug-likeness (QED) is 0.673. The van der Waals surface area contributed by atoms with E-state index in [0.717, 1.165) is 31.9 Å². The summed E-state index contributed by atoms with van der Waals surface area (Å²) in [4.78, 5) is 28.8. The maximum absolute atomic E-state index is 12.5. The predicted octanol–water partition coefficient (Wildman–Crippen LogP) is 4.70. The number of carbonyl (C=O) groups is 2. The van der Waals surface area contributed by atoms with Gasteiger partial charge in [-0.25, -0.2) is 0 Å². The molecule has 0 aliphatic carbocycles. The molecule has 0 bridgehead atoms. The van der Waals surface area contributed by atoms with E-state index in [4.69, 9.17) is 27.9 Å². The van der Waals surface area contributed by atoms with Gasteiger partial charge in [-0.1, -0.05) is 37.0 Å². The van der Waals surface area contributed by atoms with E-state index < -0.39 is 6.10 Å². The van der Waals surface area contributed by atoms with E-state index in [0.29, 0.717) is 21.5 Å². The topological polar surface area (TPSA) is 61.9 Å². The van der Waals surface area contributed by atoms with Crippen LogP contribution in [-0.2, 0) is 9.59 Å². The molecule has 31 heavy (non-hydrogen) atoms. The average Bonchev–Trinajstić information content (AvgIpc) is 2.75. The highest BCUT2D eigenvalue weighted by Crippen LogP contribution is 2.28. The Morgan fingerprint density at radius 3 is 2.19 bits per heavy atom. The molecule has 0 spiro atoms. The Morgan fingerprint density at radius 1 is 0.968 bits per heavy atom. The number of piperazine rings is 1. The number of benzene rings is 2. The van der Waals surface area contributed by atoms with E-state index in [-0.39, 0.29) is 17.7 Å². The first kappa shape index (κ1) is 23.2. The fourth-order valence-electron chi connectivity index (χ4n) is 3.36. The molecule has 1 atom stereocenters. The number of amides is 2. The lowest BCUT2D eigenvalue weighted by atomic mass is 10.1. The summed E-state index contributed by atoms with van der Waals surface area (Å²) in [7, 11) is 0. The monoisotopic (exact) mass is 463 g/mol. The van der Waals surface area contributed by atoms with E-state index in [1.165, 1.54) is 0 Å². The first-order valence-electron chi connectivity index (χ1n) is 10.3. The van der Waals surface area contributed by atoms with Gasteiger partial charge in [0.15, 0.2) is 6.10 Å². The van der Waals surface area contributed by atoms with Crippen molar-refractivity contribution in [3.05, 3.63) is 52.5 Å². The second-order valence-corrected chi connectivity index (χ2v) is 8.68. The van der Waals surface area contributed by atoms with Gasteiger partial charge >= 0.3 is 0 Å². The lowest BCUT2D eigenvalue weighted by molar-refractivity contribution is -0.134. The van der Waals surface area contributed by atoms with Crippen molar-refractivity contribution in [3.63, 3.8) is 0 Å². The number of halogens is 2. The number of nitrogens with one attached hydrogen (secondary N) is 1. The van der Waals surface area contributed by atoms with E-state index in [9.17, 15) is 9.59 Å². The standard InChI is InChI=1S/C23H27Cl2N3O3/c1-15(2)23(30)28-12-10-27(11-13-28)19-7-5-18(6-8-19)26-22(29)16(3)31-21-9-4-17(24)14-20(21)25/h4-9,14-16H,10-13H2,1-3H3,(H,26,29)/t16-/m1/s1. The molecule has 0 radical (unpaired) electrons. The molecule has 1 aliphatic heterocycles. The number of rotatable bonds is 6. The zero-order chi connectivity index (χ0) is 22.5. The summed E-state index contributed by atoms with van der Waals surface area (Å²) in [6.45, 7) is 8.53. The molecule has 1 fully saturated rings. The molecule has 6 nitrogen and oxygen atoms in total. The number of ether oxygens (including phenoxy) is 1. The number of nitrogens with zero attached hydrogens (tertiary/aromatic N) is 2. The molecule has 2 aromatic rings. The van der Waals surface area contributed by atoms with E-state index in [1.54, 1.807) is 25.1 Å². The fraction of sp³-hybridized carbons (Fsp3) is 0.391. The summed E-state index contributed by atoms with van der Waals surface area (Å²) in [6.07, 6.45) is -0.732. The number of carbonyl (C=O) groups excluding carboxylic acids is 2. The first-order valence-corrected chi connectivity index (χ1v) is 11.1. The zero-order valence-corrected chi connectivity index (χ0v) is 19.4. The summed E-state index contributed by atoms with van der Waals surface area (Å²) in [6, 6.07) is 12.5. The van der Waals surface area contributed by atoms with Gasteiger partial charge in [-0.3, -0.25) is 9.59 Å². The van der Waals surface area contributed by atoms with Crippen molar-refractivity contribution >= 4 is 46.4 Å². The normalized spacial score (nSPS) is 15.0. The number of hydrogen-bond acceptors (Lipinski definition) is 4. The van der Waals surface area contributed by atoms with Crippen LogP contribution in [0.5, 0.6) is 5.75 Å². The fourth-order valence-corrected chi connectivity index (χ4v) is 3.82. The van der Waals surface area contributed by atoms with Crippen LogP contribution < -0.4 is 15.0 Å². The Kier molecular flexibility index (Phi) is 7.68. The van der Waals surface area contributed by atoms with Crippen molar-refractivity contribution in [2.75, 3.05) is 36.4 Å². The molecular formula is C23H27Cl2N3O3. The lowest BCUT2D eigenvalue weighted by Crippen LogP contribution is -2.49. The molecule has 1 saturated heterocycles. The van der Waals surface area contributed by atoms with Crippen LogP contribution in [0.15, 0.2) is 42.5 Å². The summed E-state index contributed by atoms with van der Waals surface area (Å²) >= 11 is 12.0.